The zero-order valence-corrected chi connectivity index (χ0v) is 17.5. The Hall–Kier alpha value is -3.53. The first-order valence-electron chi connectivity index (χ1n) is 10.1. The molecule has 0 bridgehead atoms. The summed E-state index contributed by atoms with van der Waals surface area (Å²) in [6.45, 7) is 3.39. The van der Waals surface area contributed by atoms with Crippen molar-refractivity contribution in [2.75, 3.05) is 30.4 Å². The number of para-hydroxylation sites is 2. The van der Waals surface area contributed by atoms with Gasteiger partial charge in [-0.15, -0.1) is 0 Å². The van der Waals surface area contributed by atoms with Crippen molar-refractivity contribution in [1.29, 1.82) is 5.26 Å². The van der Waals surface area contributed by atoms with Crippen LogP contribution in [0.2, 0.25) is 0 Å². The van der Waals surface area contributed by atoms with Crippen LogP contribution in [0.5, 0.6) is 0 Å². The van der Waals surface area contributed by atoms with Gasteiger partial charge in [0.15, 0.2) is 5.78 Å². The van der Waals surface area contributed by atoms with E-state index < -0.39 is 0 Å². The van der Waals surface area contributed by atoms with E-state index in [4.69, 9.17) is 0 Å². The normalized spacial score (nSPS) is 17.5. The highest BCUT2D eigenvalue weighted by Crippen LogP contribution is 2.40. The number of benzene rings is 1. The Morgan fingerprint density at radius 2 is 1.70 bits per heavy atom. The van der Waals surface area contributed by atoms with E-state index >= 15 is 0 Å². The summed E-state index contributed by atoms with van der Waals surface area (Å²) in [5.74, 6) is 0.197. The maximum atomic E-state index is 12.9. The summed E-state index contributed by atoms with van der Waals surface area (Å²) < 4.78 is 2.15. The number of nitriles is 1. The minimum atomic E-state index is -0.305. The second-order valence-electron chi connectivity index (χ2n) is 7.73. The average Bonchev–Trinajstić information content (AvgIpc) is 3.33. The van der Waals surface area contributed by atoms with Crippen LogP contribution in [0, 0.1) is 11.3 Å². The third-order valence-corrected chi connectivity index (χ3v) is 6.08. The van der Waals surface area contributed by atoms with Gasteiger partial charge in [0.05, 0.1) is 17.4 Å². The van der Waals surface area contributed by atoms with Crippen molar-refractivity contribution in [1.82, 2.24) is 9.47 Å². The van der Waals surface area contributed by atoms with E-state index in [2.05, 4.69) is 10.6 Å². The van der Waals surface area contributed by atoms with Crippen LogP contribution in [0.15, 0.2) is 54.0 Å². The molecule has 1 aromatic heterocycles. The van der Waals surface area contributed by atoms with Gasteiger partial charge in [-0.05, 0) is 31.2 Å². The van der Waals surface area contributed by atoms with Crippen LogP contribution in [0.25, 0.3) is 0 Å². The smallest absolute Gasteiger partial charge is 0.223 e. The monoisotopic (exact) mass is 403 g/mol. The lowest BCUT2D eigenvalue weighted by molar-refractivity contribution is -0.135. The molecule has 0 saturated carbocycles. The van der Waals surface area contributed by atoms with Crippen molar-refractivity contribution in [3.05, 3.63) is 59.7 Å². The Bertz CT molecular complexity index is 1050. The summed E-state index contributed by atoms with van der Waals surface area (Å²) in [7, 11) is 3.69. The summed E-state index contributed by atoms with van der Waals surface area (Å²) in [5.41, 5.74) is 3.07. The van der Waals surface area contributed by atoms with Crippen LogP contribution in [-0.4, -0.2) is 41.8 Å². The summed E-state index contributed by atoms with van der Waals surface area (Å²) in [5, 5.41) is 9.73. The molecule has 2 aliphatic heterocycles. The maximum absolute atomic E-state index is 12.9. The van der Waals surface area contributed by atoms with Crippen LogP contribution in [0.3, 0.4) is 0 Å². The van der Waals surface area contributed by atoms with E-state index in [1.807, 2.05) is 78.3 Å². The summed E-state index contributed by atoms with van der Waals surface area (Å²) in [4.78, 5) is 31.3. The lowest BCUT2D eigenvalue weighted by Gasteiger charge is -2.35. The number of allylic oxidation sites excluding steroid dienone is 1. The molecule has 7 heteroatoms. The number of hydrogen-bond acceptors (Lipinski definition) is 5. The Morgan fingerprint density at radius 1 is 1.03 bits per heavy atom. The summed E-state index contributed by atoms with van der Waals surface area (Å²) >= 11 is 0. The standard InChI is InChI=1S/C23H25N5O2/c1-16-18-9-6-12-27(18)13-14-28(16)22(30)11-10-21(29)17(15-24)23-25(2)19-7-4-5-8-20(19)26(23)3/h4-9,12,16H,10-11,13-14H2,1-3H3. The first kappa shape index (κ1) is 19.8. The average molecular weight is 403 g/mol. The van der Waals surface area contributed by atoms with E-state index in [0.717, 1.165) is 23.6 Å². The van der Waals surface area contributed by atoms with Crippen molar-refractivity contribution < 1.29 is 9.59 Å². The van der Waals surface area contributed by atoms with Gasteiger partial charge < -0.3 is 19.3 Å². The molecule has 1 aromatic carbocycles. The molecule has 4 rings (SSSR count). The molecule has 0 fully saturated rings. The largest absolute Gasteiger partial charge is 0.348 e. The van der Waals surface area contributed by atoms with Gasteiger partial charge in [-0.2, -0.15) is 5.26 Å². The number of ketones is 1. The fraction of sp³-hybridized carbons (Fsp3) is 0.348. The molecule has 0 saturated heterocycles. The molecule has 7 nitrogen and oxygen atoms in total. The minimum Gasteiger partial charge on any atom is -0.348 e. The Balaban J connectivity index is 1.48. The molecule has 1 atom stereocenters. The highest BCUT2D eigenvalue weighted by molar-refractivity contribution is 6.03. The van der Waals surface area contributed by atoms with Gasteiger partial charge in [-0.25, -0.2) is 0 Å². The number of hydrogen-bond donors (Lipinski definition) is 0. The topological polar surface area (TPSA) is 72.6 Å². The van der Waals surface area contributed by atoms with Gasteiger partial charge in [-0.1, -0.05) is 12.1 Å². The summed E-state index contributed by atoms with van der Waals surface area (Å²) in [6, 6.07) is 13.8. The molecule has 0 radical (unpaired) electrons. The van der Waals surface area contributed by atoms with Gasteiger partial charge >= 0.3 is 0 Å². The van der Waals surface area contributed by atoms with Gasteiger partial charge in [0, 0.05) is 51.9 Å². The van der Waals surface area contributed by atoms with Crippen molar-refractivity contribution in [2.45, 2.75) is 32.4 Å². The molecule has 0 N–H and O–H groups in total. The molecule has 30 heavy (non-hydrogen) atoms. The number of carbonyl (C=O) groups is 2. The molecule has 1 amide bonds. The number of fused-ring (bicyclic) bond motifs is 2. The SMILES string of the molecule is CC1c2cccn2CCN1C(=O)CCC(=O)C(C#N)=C1N(C)c2ccccc2N1C. The second kappa shape index (κ2) is 7.71. The fourth-order valence-electron chi connectivity index (χ4n) is 4.47. The predicted molar refractivity (Wildman–Crippen MR) is 115 cm³/mol. The third kappa shape index (κ3) is 3.14. The van der Waals surface area contributed by atoms with Crippen LogP contribution in [0.1, 0.15) is 31.5 Å². The zero-order valence-electron chi connectivity index (χ0n) is 17.5. The quantitative estimate of drug-likeness (QED) is 0.580. The van der Waals surface area contributed by atoms with Crippen molar-refractivity contribution in [2.24, 2.45) is 0 Å². The second-order valence-corrected chi connectivity index (χ2v) is 7.73. The number of amides is 1. The van der Waals surface area contributed by atoms with E-state index in [-0.39, 0.29) is 36.1 Å². The minimum absolute atomic E-state index is 0.0213. The molecule has 2 aromatic rings. The lowest BCUT2D eigenvalue weighted by Crippen LogP contribution is -2.40. The molecule has 154 valence electrons. The number of aromatic nitrogens is 1. The zero-order chi connectivity index (χ0) is 21.4. The number of Topliss-reactive ketones (excluding diaryl/α,β-unsaturated/α-hetero) is 1. The van der Waals surface area contributed by atoms with Crippen molar-refractivity contribution in [3.63, 3.8) is 0 Å². The Morgan fingerprint density at radius 3 is 2.33 bits per heavy atom. The number of carbonyl (C=O) groups excluding carboxylic acids is 2. The predicted octanol–water partition coefficient (Wildman–Crippen LogP) is 3.06. The Labute approximate surface area is 176 Å². The van der Waals surface area contributed by atoms with Crippen molar-refractivity contribution in [3.8, 4) is 6.07 Å². The van der Waals surface area contributed by atoms with Gasteiger partial charge in [0.25, 0.3) is 0 Å². The van der Waals surface area contributed by atoms with Gasteiger partial charge in [-0.3, -0.25) is 9.59 Å². The number of rotatable bonds is 4. The number of nitrogens with zero attached hydrogens (tertiary/aromatic N) is 5. The molecule has 2 aliphatic rings. The molecule has 0 aliphatic carbocycles. The first-order valence-corrected chi connectivity index (χ1v) is 10.1. The van der Waals surface area contributed by atoms with Crippen molar-refractivity contribution >= 4 is 23.1 Å². The molecule has 1 unspecified atom stereocenters. The van der Waals surface area contributed by atoms with Gasteiger partial charge in [0.2, 0.25) is 5.91 Å². The van der Waals surface area contributed by atoms with E-state index in [1.54, 1.807) is 0 Å². The highest BCUT2D eigenvalue weighted by Gasteiger charge is 2.32. The molecule has 3 heterocycles. The van der Waals surface area contributed by atoms with Gasteiger partial charge in [0.1, 0.15) is 17.5 Å². The summed E-state index contributed by atoms with van der Waals surface area (Å²) in [6.07, 6.45) is 2.14. The Kier molecular flexibility index (Phi) is 5.08. The fourth-order valence-corrected chi connectivity index (χ4v) is 4.47. The third-order valence-electron chi connectivity index (χ3n) is 6.08. The number of anilines is 2. The highest BCUT2D eigenvalue weighted by atomic mass is 16.2. The maximum Gasteiger partial charge on any atom is 0.223 e. The molecule has 0 spiro atoms. The van der Waals surface area contributed by atoms with E-state index in [9.17, 15) is 14.9 Å². The van der Waals surface area contributed by atoms with E-state index in [0.29, 0.717) is 12.4 Å². The van der Waals surface area contributed by atoms with Crippen LogP contribution in [-0.2, 0) is 16.1 Å². The lowest BCUT2D eigenvalue weighted by atomic mass is 10.1. The first-order chi connectivity index (χ1) is 14.4. The molecular weight excluding hydrogens is 378 g/mol. The van der Waals surface area contributed by atoms with Crippen LogP contribution >= 0.6 is 0 Å². The van der Waals surface area contributed by atoms with E-state index in [1.165, 1.54) is 0 Å². The van der Waals surface area contributed by atoms with Crippen LogP contribution in [0.4, 0.5) is 11.4 Å². The van der Waals surface area contributed by atoms with Crippen LogP contribution < -0.4 is 9.80 Å². The molecular formula is C23H25N5O2.